The molecule has 2 heteroatoms. The van der Waals surface area contributed by atoms with Crippen molar-refractivity contribution in [1.82, 2.24) is 0 Å². The average Bonchev–Trinajstić information content (AvgIpc) is 3.10. The van der Waals surface area contributed by atoms with Crippen LogP contribution in [0.4, 0.5) is 0 Å². The topological polar surface area (TPSA) is 40.5 Å². The molecule has 0 amide bonds. The molecule has 0 saturated heterocycles. The molecule has 0 aliphatic heterocycles. The summed E-state index contributed by atoms with van der Waals surface area (Å²) < 4.78 is 0. The van der Waals surface area contributed by atoms with E-state index in [1.807, 2.05) is 60.7 Å². The average molecular weight is 294 g/mol. The minimum atomic E-state index is -0.787. The Kier molecular flexibility index (Phi) is 3.14. The summed E-state index contributed by atoms with van der Waals surface area (Å²) in [6.45, 7) is 0. The zero-order chi connectivity index (χ0) is 15.2. The van der Waals surface area contributed by atoms with Gasteiger partial charge in [-0.05, 0) is 48.6 Å². The van der Waals surface area contributed by atoms with Gasteiger partial charge in [-0.15, -0.1) is 0 Å². The van der Waals surface area contributed by atoms with Gasteiger partial charge in [0.15, 0.2) is 0 Å². The summed E-state index contributed by atoms with van der Waals surface area (Å²) in [6, 6.07) is 20.0. The molecule has 0 bridgehead atoms. The minimum Gasteiger partial charge on any atom is -0.385 e. The standard InChI is InChI=1S/C20H22O2/c21-19(15-7-3-1-4-8-15)13-11-18-17(19)12-14-20(18,22)16-9-5-2-6-10-16/h1-10,17-18,21-22H,11-14H2/t17-,18-,19-,20-/m1/s1. The van der Waals surface area contributed by atoms with Crippen LogP contribution in [-0.2, 0) is 11.2 Å². The molecule has 2 nitrogen and oxygen atoms in total. The first-order valence-electron chi connectivity index (χ1n) is 8.20. The van der Waals surface area contributed by atoms with Crippen LogP contribution in [0.3, 0.4) is 0 Å². The van der Waals surface area contributed by atoms with E-state index in [2.05, 4.69) is 0 Å². The molecule has 22 heavy (non-hydrogen) atoms. The van der Waals surface area contributed by atoms with E-state index >= 15 is 0 Å². The molecule has 114 valence electrons. The Morgan fingerprint density at radius 1 is 0.636 bits per heavy atom. The first-order chi connectivity index (χ1) is 10.6. The van der Waals surface area contributed by atoms with Crippen LogP contribution in [-0.4, -0.2) is 10.2 Å². The number of aliphatic hydroxyl groups is 2. The molecule has 0 spiro atoms. The molecule has 4 atom stereocenters. The second-order valence-corrected chi connectivity index (χ2v) is 6.87. The van der Waals surface area contributed by atoms with Crippen molar-refractivity contribution in [3.63, 3.8) is 0 Å². The number of fused-ring (bicyclic) bond motifs is 1. The highest BCUT2D eigenvalue weighted by Crippen LogP contribution is 2.60. The Morgan fingerprint density at radius 2 is 1.00 bits per heavy atom. The summed E-state index contributed by atoms with van der Waals surface area (Å²) in [5.74, 6) is 0.278. The summed E-state index contributed by atoms with van der Waals surface area (Å²) in [5.41, 5.74) is 0.427. The molecule has 0 aromatic heterocycles. The molecule has 2 aromatic carbocycles. The van der Waals surface area contributed by atoms with Gasteiger partial charge in [0.2, 0.25) is 0 Å². The molecule has 2 aromatic rings. The predicted molar refractivity (Wildman–Crippen MR) is 86.1 cm³/mol. The Morgan fingerprint density at radius 3 is 1.36 bits per heavy atom. The van der Waals surface area contributed by atoms with E-state index in [-0.39, 0.29) is 11.8 Å². The maximum absolute atomic E-state index is 11.3. The number of hydrogen-bond donors (Lipinski definition) is 2. The third-order valence-corrected chi connectivity index (χ3v) is 5.93. The number of benzene rings is 2. The number of rotatable bonds is 2. The van der Waals surface area contributed by atoms with Crippen molar-refractivity contribution < 1.29 is 10.2 Å². The minimum absolute atomic E-state index is 0.139. The summed E-state index contributed by atoms with van der Waals surface area (Å²) in [6.07, 6.45) is 3.23. The Labute approximate surface area is 131 Å². The van der Waals surface area contributed by atoms with Crippen LogP contribution < -0.4 is 0 Å². The van der Waals surface area contributed by atoms with E-state index in [0.29, 0.717) is 0 Å². The highest BCUT2D eigenvalue weighted by atomic mass is 16.3. The summed E-state index contributed by atoms with van der Waals surface area (Å²) in [4.78, 5) is 0. The van der Waals surface area contributed by atoms with E-state index in [0.717, 1.165) is 36.8 Å². The molecular weight excluding hydrogens is 272 g/mol. The van der Waals surface area contributed by atoms with E-state index in [1.54, 1.807) is 0 Å². The van der Waals surface area contributed by atoms with Crippen molar-refractivity contribution in [2.24, 2.45) is 11.8 Å². The van der Waals surface area contributed by atoms with Crippen LogP contribution in [0.15, 0.2) is 60.7 Å². The molecule has 0 heterocycles. The van der Waals surface area contributed by atoms with Gasteiger partial charge in [-0.25, -0.2) is 0 Å². The lowest BCUT2D eigenvalue weighted by molar-refractivity contribution is -0.0357. The first kappa shape index (κ1) is 14.0. The van der Waals surface area contributed by atoms with Crippen LogP contribution in [0.2, 0.25) is 0 Å². The third kappa shape index (κ3) is 1.87. The summed E-state index contributed by atoms with van der Waals surface area (Å²) >= 11 is 0. The van der Waals surface area contributed by atoms with Crippen molar-refractivity contribution in [3.8, 4) is 0 Å². The van der Waals surface area contributed by atoms with Gasteiger partial charge in [-0.3, -0.25) is 0 Å². The van der Waals surface area contributed by atoms with Gasteiger partial charge >= 0.3 is 0 Å². The van der Waals surface area contributed by atoms with E-state index in [4.69, 9.17) is 0 Å². The monoisotopic (exact) mass is 294 g/mol. The van der Waals surface area contributed by atoms with Crippen molar-refractivity contribution in [2.75, 3.05) is 0 Å². The molecule has 2 saturated carbocycles. The lowest BCUT2D eigenvalue weighted by Gasteiger charge is -2.33. The van der Waals surface area contributed by atoms with Crippen LogP contribution >= 0.6 is 0 Å². The van der Waals surface area contributed by atoms with Gasteiger partial charge in [0, 0.05) is 0 Å². The SMILES string of the molecule is O[C@@]1(c2ccccc2)CC[C@@H]2[C@H]1CC[C@@]2(O)c1ccccc1. The number of hydrogen-bond acceptors (Lipinski definition) is 2. The Bertz CT molecular complexity index is 594. The molecule has 2 N–H and O–H groups in total. The lowest BCUT2D eigenvalue weighted by atomic mass is 9.78. The highest BCUT2D eigenvalue weighted by molar-refractivity contribution is 5.31. The molecular formula is C20H22O2. The van der Waals surface area contributed by atoms with Crippen LogP contribution in [0, 0.1) is 11.8 Å². The zero-order valence-corrected chi connectivity index (χ0v) is 12.7. The van der Waals surface area contributed by atoms with Gasteiger partial charge in [-0.2, -0.15) is 0 Å². The van der Waals surface area contributed by atoms with Gasteiger partial charge in [-0.1, -0.05) is 60.7 Å². The van der Waals surface area contributed by atoms with Crippen LogP contribution in [0.25, 0.3) is 0 Å². The Balaban J connectivity index is 1.70. The fourth-order valence-electron chi connectivity index (χ4n) is 4.84. The van der Waals surface area contributed by atoms with Crippen molar-refractivity contribution in [3.05, 3.63) is 71.8 Å². The third-order valence-electron chi connectivity index (χ3n) is 5.93. The largest absolute Gasteiger partial charge is 0.385 e. The summed E-state index contributed by atoms with van der Waals surface area (Å²) in [7, 11) is 0. The first-order valence-corrected chi connectivity index (χ1v) is 8.20. The van der Waals surface area contributed by atoms with Gasteiger partial charge < -0.3 is 10.2 Å². The van der Waals surface area contributed by atoms with E-state index < -0.39 is 11.2 Å². The van der Waals surface area contributed by atoms with Crippen molar-refractivity contribution >= 4 is 0 Å². The molecule has 0 unspecified atom stereocenters. The lowest BCUT2D eigenvalue weighted by Crippen LogP contribution is -2.35. The van der Waals surface area contributed by atoms with Crippen molar-refractivity contribution in [2.45, 2.75) is 36.9 Å². The van der Waals surface area contributed by atoms with Crippen LogP contribution in [0.1, 0.15) is 36.8 Å². The fraction of sp³-hybridized carbons (Fsp3) is 0.400. The van der Waals surface area contributed by atoms with E-state index in [9.17, 15) is 10.2 Å². The van der Waals surface area contributed by atoms with Gasteiger partial charge in [0.1, 0.15) is 0 Å². The molecule has 4 rings (SSSR count). The predicted octanol–water partition coefficient (Wildman–Crippen LogP) is 3.58. The van der Waals surface area contributed by atoms with Crippen LogP contribution in [0.5, 0.6) is 0 Å². The molecule has 2 aliphatic rings. The summed E-state index contributed by atoms with van der Waals surface area (Å²) in [5, 5.41) is 22.6. The second-order valence-electron chi connectivity index (χ2n) is 6.87. The normalized spacial score (nSPS) is 37.2. The second kappa shape index (κ2) is 4.94. The maximum Gasteiger partial charge on any atom is 0.0928 e. The molecule has 2 fully saturated rings. The van der Waals surface area contributed by atoms with Gasteiger partial charge in [0.05, 0.1) is 11.2 Å². The molecule has 0 radical (unpaired) electrons. The highest BCUT2D eigenvalue weighted by Gasteiger charge is 2.59. The zero-order valence-electron chi connectivity index (χ0n) is 12.7. The smallest absolute Gasteiger partial charge is 0.0928 e. The van der Waals surface area contributed by atoms with E-state index in [1.165, 1.54) is 0 Å². The Hall–Kier alpha value is -1.64. The maximum atomic E-state index is 11.3. The quantitative estimate of drug-likeness (QED) is 0.888. The van der Waals surface area contributed by atoms with Gasteiger partial charge in [0.25, 0.3) is 0 Å². The molecule has 2 aliphatic carbocycles. The van der Waals surface area contributed by atoms with Crippen molar-refractivity contribution in [1.29, 1.82) is 0 Å². The fourth-order valence-corrected chi connectivity index (χ4v) is 4.84.